The minimum atomic E-state index is -0.791. The second-order valence-electron chi connectivity index (χ2n) is 5.72. The zero-order valence-corrected chi connectivity index (χ0v) is 11.6. The van der Waals surface area contributed by atoms with Crippen molar-refractivity contribution in [2.75, 3.05) is 32.7 Å². The van der Waals surface area contributed by atoms with Gasteiger partial charge in [-0.05, 0) is 25.5 Å². The van der Waals surface area contributed by atoms with Crippen molar-refractivity contribution in [2.24, 2.45) is 5.73 Å². The number of hydrogen-bond acceptors (Lipinski definition) is 3. The molecule has 20 heavy (non-hydrogen) atoms. The maximum Gasteiger partial charge on any atom is 0.163 e. The predicted molar refractivity (Wildman–Crippen MR) is 74.3 cm³/mol. The van der Waals surface area contributed by atoms with Crippen LogP contribution in [0.2, 0.25) is 0 Å². The number of rotatable bonds is 3. The molecule has 3 rings (SSSR count). The van der Waals surface area contributed by atoms with Crippen molar-refractivity contribution in [1.29, 1.82) is 0 Å². The fourth-order valence-corrected chi connectivity index (χ4v) is 3.55. The monoisotopic (exact) mass is 281 g/mol. The zero-order chi connectivity index (χ0) is 14.1. The molecule has 2 N–H and O–H groups in total. The first kappa shape index (κ1) is 13.9. The minimum absolute atomic E-state index is 0.228. The van der Waals surface area contributed by atoms with Crippen LogP contribution in [0.5, 0.6) is 0 Å². The highest BCUT2D eigenvalue weighted by atomic mass is 19.2. The van der Waals surface area contributed by atoms with Crippen molar-refractivity contribution in [3.8, 4) is 0 Å². The Morgan fingerprint density at radius 1 is 1.25 bits per heavy atom. The third-order valence-corrected chi connectivity index (χ3v) is 4.62. The predicted octanol–water partition coefficient (Wildman–Crippen LogP) is 1.74. The number of benzene rings is 1. The summed E-state index contributed by atoms with van der Waals surface area (Å²) in [7, 11) is 0. The summed E-state index contributed by atoms with van der Waals surface area (Å²) in [5, 5.41) is 0. The summed E-state index contributed by atoms with van der Waals surface area (Å²) in [6.07, 6.45) is 2.43. The van der Waals surface area contributed by atoms with Crippen LogP contribution in [0.25, 0.3) is 0 Å². The van der Waals surface area contributed by atoms with Crippen LogP contribution in [0.3, 0.4) is 0 Å². The van der Waals surface area contributed by atoms with Crippen LogP contribution < -0.4 is 5.73 Å². The van der Waals surface area contributed by atoms with E-state index in [1.165, 1.54) is 19.4 Å². The van der Waals surface area contributed by atoms with Gasteiger partial charge in [-0.2, -0.15) is 0 Å². The first-order valence-corrected chi connectivity index (χ1v) is 7.32. The Kier molecular flexibility index (Phi) is 4.01. The summed E-state index contributed by atoms with van der Waals surface area (Å²) in [5.74, 6) is -1.54. The van der Waals surface area contributed by atoms with Crippen molar-refractivity contribution >= 4 is 0 Å². The van der Waals surface area contributed by atoms with Crippen LogP contribution in [0.1, 0.15) is 24.4 Å². The molecule has 0 bridgehead atoms. The average Bonchev–Trinajstić information content (AvgIpc) is 2.92. The van der Waals surface area contributed by atoms with Crippen molar-refractivity contribution in [3.63, 3.8) is 0 Å². The van der Waals surface area contributed by atoms with Crippen molar-refractivity contribution < 1.29 is 8.78 Å². The maximum atomic E-state index is 14.0. The SMILES string of the molecule is NCC(c1cccc(F)c1F)N1CCN2CCCC2C1. The van der Waals surface area contributed by atoms with Crippen molar-refractivity contribution in [1.82, 2.24) is 9.80 Å². The van der Waals surface area contributed by atoms with E-state index in [9.17, 15) is 8.78 Å². The van der Waals surface area contributed by atoms with Crippen LogP contribution in [0.15, 0.2) is 18.2 Å². The molecule has 0 amide bonds. The Labute approximate surface area is 118 Å². The molecule has 0 radical (unpaired) electrons. The van der Waals surface area contributed by atoms with Crippen molar-refractivity contribution in [3.05, 3.63) is 35.4 Å². The zero-order valence-electron chi connectivity index (χ0n) is 11.6. The summed E-state index contributed by atoms with van der Waals surface area (Å²) in [6.45, 7) is 4.25. The lowest BCUT2D eigenvalue weighted by atomic mass is 10.0. The van der Waals surface area contributed by atoms with Crippen LogP contribution in [-0.2, 0) is 0 Å². The second kappa shape index (κ2) is 5.76. The summed E-state index contributed by atoms with van der Waals surface area (Å²) < 4.78 is 27.4. The van der Waals surface area contributed by atoms with Gasteiger partial charge in [0.05, 0.1) is 6.04 Å². The molecule has 2 aliphatic heterocycles. The lowest BCUT2D eigenvalue weighted by molar-refractivity contribution is 0.0723. The Balaban J connectivity index is 1.81. The average molecular weight is 281 g/mol. The topological polar surface area (TPSA) is 32.5 Å². The Bertz CT molecular complexity index is 480. The molecule has 2 saturated heterocycles. The standard InChI is InChI=1S/C15H21F2N3/c16-13-5-1-4-12(15(13)17)14(9-18)20-8-7-19-6-2-3-11(19)10-20/h1,4-5,11,14H,2-3,6-10,18H2. The van der Waals surface area contributed by atoms with Gasteiger partial charge in [-0.3, -0.25) is 9.80 Å². The first-order chi connectivity index (χ1) is 9.70. The maximum absolute atomic E-state index is 14.0. The Hall–Kier alpha value is -1.04. The molecule has 0 aliphatic carbocycles. The number of fused-ring (bicyclic) bond motifs is 1. The molecule has 2 atom stereocenters. The van der Waals surface area contributed by atoms with E-state index in [1.807, 2.05) is 0 Å². The third-order valence-electron chi connectivity index (χ3n) is 4.62. The summed E-state index contributed by atoms with van der Waals surface area (Å²) in [6, 6.07) is 4.68. The van der Waals surface area contributed by atoms with Gasteiger partial charge in [-0.1, -0.05) is 12.1 Å². The molecule has 2 unspecified atom stereocenters. The van der Waals surface area contributed by atoms with Gasteiger partial charge < -0.3 is 5.73 Å². The molecule has 2 aliphatic rings. The summed E-state index contributed by atoms with van der Waals surface area (Å²) in [4.78, 5) is 4.70. The molecule has 0 saturated carbocycles. The lowest BCUT2D eigenvalue weighted by Gasteiger charge is -2.41. The van der Waals surface area contributed by atoms with E-state index in [1.54, 1.807) is 12.1 Å². The highest BCUT2D eigenvalue weighted by Crippen LogP contribution is 2.29. The number of halogens is 2. The highest BCUT2D eigenvalue weighted by Gasteiger charge is 2.34. The van der Waals surface area contributed by atoms with Gasteiger partial charge >= 0.3 is 0 Å². The van der Waals surface area contributed by atoms with E-state index in [0.717, 1.165) is 25.7 Å². The number of nitrogens with two attached hydrogens (primary N) is 1. The Morgan fingerprint density at radius 2 is 2.10 bits per heavy atom. The molecule has 110 valence electrons. The van der Waals surface area contributed by atoms with Crippen LogP contribution in [-0.4, -0.2) is 48.6 Å². The quantitative estimate of drug-likeness (QED) is 0.916. The molecule has 2 fully saturated rings. The van der Waals surface area contributed by atoms with Gasteiger partial charge in [-0.15, -0.1) is 0 Å². The molecule has 2 heterocycles. The van der Waals surface area contributed by atoms with E-state index in [4.69, 9.17) is 5.73 Å². The first-order valence-electron chi connectivity index (χ1n) is 7.32. The molecule has 5 heteroatoms. The molecule has 1 aromatic carbocycles. The largest absolute Gasteiger partial charge is 0.329 e. The number of piperazine rings is 1. The second-order valence-corrected chi connectivity index (χ2v) is 5.72. The van der Waals surface area contributed by atoms with Crippen LogP contribution >= 0.6 is 0 Å². The van der Waals surface area contributed by atoms with Crippen LogP contribution in [0.4, 0.5) is 8.78 Å². The molecule has 0 spiro atoms. The fraction of sp³-hybridized carbons (Fsp3) is 0.600. The van der Waals surface area contributed by atoms with Gasteiger partial charge in [-0.25, -0.2) is 8.78 Å². The number of nitrogens with zero attached hydrogens (tertiary/aromatic N) is 2. The van der Waals surface area contributed by atoms with Gasteiger partial charge in [0.2, 0.25) is 0 Å². The van der Waals surface area contributed by atoms with Gasteiger partial charge in [0.1, 0.15) is 0 Å². The molecular formula is C15H21F2N3. The molecule has 3 nitrogen and oxygen atoms in total. The summed E-state index contributed by atoms with van der Waals surface area (Å²) >= 11 is 0. The van der Waals surface area contributed by atoms with E-state index in [2.05, 4.69) is 9.80 Å². The van der Waals surface area contributed by atoms with E-state index >= 15 is 0 Å². The van der Waals surface area contributed by atoms with Gasteiger partial charge in [0.15, 0.2) is 11.6 Å². The minimum Gasteiger partial charge on any atom is -0.329 e. The van der Waals surface area contributed by atoms with E-state index in [-0.39, 0.29) is 6.04 Å². The number of hydrogen-bond donors (Lipinski definition) is 1. The third kappa shape index (κ3) is 2.45. The Morgan fingerprint density at radius 3 is 2.90 bits per heavy atom. The van der Waals surface area contributed by atoms with E-state index < -0.39 is 11.6 Å². The summed E-state index contributed by atoms with van der Waals surface area (Å²) in [5.41, 5.74) is 6.24. The smallest absolute Gasteiger partial charge is 0.163 e. The van der Waals surface area contributed by atoms with Crippen molar-refractivity contribution in [2.45, 2.75) is 24.9 Å². The van der Waals surface area contributed by atoms with Crippen LogP contribution in [0, 0.1) is 11.6 Å². The molecular weight excluding hydrogens is 260 g/mol. The molecule has 1 aromatic rings. The van der Waals surface area contributed by atoms with Gasteiger partial charge in [0.25, 0.3) is 0 Å². The normalized spacial score (nSPS) is 25.6. The fourth-order valence-electron chi connectivity index (χ4n) is 3.55. The molecule has 0 aromatic heterocycles. The van der Waals surface area contributed by atoms with Gasteiger partial charge in [0, 0.05) is 37.8 Å². The van der Waals surface area contributed by atoms with E-state index in [0.29, 0.717) is 18.2 Å². The highest BCUT2D eigenvalue weighted by molar-refractivity contribution is 5.23. The lowest BCUT2D eigenvalue weighted by Crippen LogP contribution is -2.52.